The van der Waals surface area contributed by atoms with Gasteiger partial charge in [-0.3, -0.25) is 9.59 Å². The van der Waals surface area contributed by atoms with Crippen molar-refractivity contribution in [3.05, 3.63) is 45.7 Å². The standard InChI is InChI=1S/C16H19NO3/c1-5-10-7-6-8-11-9-12(16(2,3)15(19)20)14(18)17(4)13(10)11/h6-9H,5H2,1-4H3,(H,19,20). The number of rotatable bonds is 3. The predicted octanol–water partition coefficient (Wildman–Crippen LogP) is 2.46. The molecule has 1 heterocycles. The van der Waals surface area contributed by atoms with Gasteiger partial charge < -0.3 is 9.67 Å². The number of para-hydroxylation sites is 1. The molecule has 0 fully saturated rings. The van der Waals surface area contributed by atoms with Crippen LogP contribution in [0.4, 0.5) is 0 Å². The van der Waals surface area contributed by atoms with E-state index in [9.17, 15) is 14.7 Å². The van der Waals surface area contributed by atoms with Crippen molar-refractivity contribution in [2.45, 2.75) is 32.6 Å². The van der Waals surface area contributed by atoms with Gasteiger partial charge in [0.05, 0.1) is 10.9 Å². The Morgan fingerprint density at radius 1 is 1.35 bits per heavy atom. The number of carbonyl (C=O) groups is 1. The minimum atomic E-state index is -1.20. The topological polar surface area (TPSA) is 59.3 Å². The maximum atomic E-state index is 12.5. The van der Waals surface area contributed by atoms with Crippen LogP contribution in [0, 0.1) is 0 Å². The molecule has 106 valence electrons. The Kier molecular flexibility index (Phi) is 3.42. The molecule has 20 heavy (non-hydrogen) atoms. The number of aryl methyl sites for hydroxylation is 2. The SMILES string of the molecule is CCc1cccc2cc(C(C)(C)C(=O)O)c(=O)n(C)c12. The lowest BCUT2D eigenvalue weighted by molar-refractivity contribution is -0.142. The summed E-state index contributed by atoms with van der Waals surface area (Å²) in [7, 11) is 1.70. The summed E-state index contributed by atoms with van der Waals surface area (Å²) in [5.41, 5.74) is 0.830. The molecule has 0 amide bonds. The van der Waals surface area contributed by atoms with Crippen LogP contribution in [0.3, 0.4) is 0 Å². The Bertz CT molecular complexity index is 741. The third kappa shape index (κ3) is 2.01. The van der Waals surface area contributed by atoms with Gasteiger partial charge in [0.1, 0.15) is 0 Å². The minimum Gasteiger partial charge on any atom is -0.481 e. The second-order valence-corrected chi connectivity index (χ2v) is 5.56. The second-order valence-electron chi connectivity index (χ2n) is 5.56. The van der Waals surface area contributed by atoms with Crippen molar-refractivity contribution in [1.29, 1.82) is 0 Å². The third-order valence-electron chi connectivity index (χ3n) is 3.91. The molecule has 1 aromatic carbocycles. The Morgan fingerprint density at radius 2 is 2.00 bits per heavy atom. The zero-order valence-electron chi connectivity index (χ0n) is 12.2. The van der Waals surface area contributed by atoms with Gasteiger partial charge in [0.15, 0.2) is 0 Å². The molecule has 0 aliphatic rings. The van der Waals surface area contributed by atoms with E-state index >= 15 is 0 Å². The zero-order chi connectivity index (χ0) is 15.1. The van der Waals surface area contributed by atoms with Crippen LogP contribution in [0.25, 0.3) is 10.9 Å². The Labute approximate surface area is 117 Å². The van der Waals surface area contributed by atoms with Crippen molar-refractivity contribution in [3.63, 3.8) is 0 Å². The van der Waals surface area contributed by atoms with E-state index in [2.05, 4.69) is 0 Å². The van der Waals surface area contributed by atoms with E-state index < -0.39 is 11.4 Å². The van der Waals surface area contributed by atoms with Gasteiger partial charge in [-0.05, 0) is 37.3 Å². The molecule has 0 bridgehead atoms. The van der Waals surface area contributed by atoms with Crippen LogP contribution in [-0.4, -0.2) is 15.6 Å². The molecular formula is C16H19NO3. The van der Waals surface area contributed by atoms with E-state index in [1.165, 1.54) is 0 Å². The van der Waals surface area contributed by atoms with Crippen molar-refractivity contribution in [2.24, 2.45) is 7.05 Å². The van der Waals surface area contributed by atoms with Gasteiger partial charge in [0.2, 0.25) is 0 Å². The summed E-state index contributed by atoms with van der Waals surface area (Å²) in [5, 5.41) is 10.2. The first-order valence-corrected chi connectivity index (χ1v) is 6.66. The van der Waals surface area contributed by atoms with E-state index in [1.54, 1.807) is 31.5 Å². The number of carboxylic acid groups (broad SMARTS) is 1. The van der Waals surface area contributed by atoms with Crippen molar-refractivity contribution >= 4 is 16.9 Å². The fourth-order valence-corrected chi connectivity index (χ4v) is 2.48. The summed E-state index contributed by atoms with van der Waals surface area (Å²) in [5.74, 6) is -0.999. The van der Waals surface area contributed by atoms with Crippen LogP contribution in [0.2, 0.25) is 0 Å². The first kappa shape index (κ1) is 14.3. The minimum absolute atomic E-state index is 0.245. The fourth-order valence-electron chi connectivity index (χ4n) is 2.48. The summed E-state index contributed by atoms with van der Waals surface area (Å²) < 4.78 is 1.56. The van der Waals surface area contributed by atoms with Crippen LogP contribution in [0.1, 0.15) is 31.9 Å². The average molecular weight is 273 g/mol. The van der Waals surface area contributed by atoms with Crippen LogP contribution >= 0.6 is 0 Å². The second kappa shape index (κ2) is 4.78. The number of hydrogen-bond acceptors (Lipinski definition) is 2. The molecular weight excluding hydrogens is 254 g/mol. The van der Waals surface area contributed by atoms with Gasteiger partial charge >= 0.3 is 5.97 Å². The summed E-state index contributed by atoms with van der Waals surface area (Å²) >= 11 is 0. The smallest absolute Gasteiger partial charge is 0.313 e. The predicted molar refractivity (Wildman–Crippen MR) is 79.2 cm³/mol. The average Bonchev–Trinajstić information content (AvgIpc) is 2.41. The van der Waals surface area contributed by atoms with Gasteiger partial charge in [0.25, 0.3) is 5.56 Å². The Balaban J connectivity index is 2.90. The van der Waals surface area contributed by atoms with Gasteiger partial charge in [-0.1, -0.05) is 25.1 Å². The Morgan fingerprint density at radius 3 is 2.55 bits per heavy atom. The number of hydrogen-bond donors (Lipinski definition) is 1. The molecule has 1 aromatic heterocycles. The van der Waals surface area contributed by atoms with E-state index in [0.717, 1.165) is 22.9 Å². The quantitative estimate of drug-likeness (QED) is 0.934. The van der Waals surface area contributed by atoms with Crippen LogP contribution in [0.15, 0.2) is 29.1 Å². The van der Waals surface area contributed by atoms with Crippen LogP contribution in [0.5, 0.6) is 0 Å². The third-order valence-corrected chi connectivity index (χ3v) is 3.91. The molecule has 0 saturated carbocycles. The normalized spacial score (nSPS) is 11.8. The highest BCUT2D eigenvalue weighted by Crippen LogP contribution is 2.25. The number of carboxylic acids is 1. The molecule has 0 unspecified atom stereocenters. The molecule has 4 heteroatoms. The summed E-state index contributed by atoms with van der Waals surface area (Å²) in [4.78, 5) is 23.9. The maximum Gasteiger partial charge on any atom is 0.313 e. The molecule has 1 N–H and O–H groups in total. The largest absolute Gasteiger partial charge is 0.481 e. The van der Waals surface area contributed by atoms with Crippen molar-refractivity contribution in [3.8, 4) is 0 Å². The molecule has 2 aromatic rings. The van der Waals surface area contributed by atoms with Crippen molar-refractivity contribution < 1.29 is 9.90 Å². The number of aromatic nitrogens is 1. The molecule has 2 rings (SSSR count). The first-order valence-electron chi connectivity index (χ1n) is 6.66. The highest BCUT2D eigenvalue weighted by Gasteiger charge is 2.33. The molecule has 0 spiro atoms. The van der Waals surface area contributed by atoms with Gasteiger partial charge in [-0.25, -0.2) is 0 Å². The number of nitrogens with zero attached hydrogens (tertiary/aromatic N) is 1. The van der Waals surface area contributed by atoms with Gasteiger partial charge in [-0.2, -0.15) is 0 Å². The van der Waals surface area contributed by atoms with E-state index in [1.807, 2.05) is 25.1 Å². The molecule has 0 aliphatic heterocycles. The number of aliphatic carboxylic acids is 1. The summed E-state index contributed by atoms with van der Waals surface area (Å²) in [6.45, 7) is 5.15. The summed E-state index contributed by atoms with van der Waals surface area (Å²) in [6.07, 6.45) is 0.826. The van der Waals surface area contributed by atoms with E-state index in [0.29, 0.717) is 5.56 Å². The highest BCUT2D eigenvalue weighted by molar-refractivity contribution is 5.86. The molecule has 4 nitrogen and oxygen atoms in total. The molecule has 0 atom stereocenters. The maximum absolute atomic E-state index is 12.5. The van der Waals surface area contributed by atoms with E-state index in [4.69, 9.17) is 0 Å². The number of fused-ring (bicyclic) bond motifs is 1. The summed E-state index contributed by atoms with van der Waals surface area (Å²) in [6, 6.07) is 7.55. The monoisotopic (exact) mass is 273 g/mol. The number of pyridine rings is 1. The van der Waals surface area contributed by atoms with Gasteiger partial charge in [-0.15, -0.1) is 0 Å². The fraction of sp³-hybridized carbons (Fsp3) is 0.375. The lowest BCUT2D eigenvalue weighted by Crippen LogP contribution is -2.37. The Hall–Kier alpha value is -2.10. The lowest BCUT2D eigenvalue weighted by Gasteiger charge is -2.21. The molecule has 0 saturated heterocycles. The van der Waals surface area contributed by atoms with Crippen molar-refractivity contribution in [2.75, 3.05) is 0 Å². The van der Waals surface area contributed by atoms with Crippen LogP contribution in [-0.2, 0) is 23.7 Å². The number of benzene rings is 1. The van der Waals surface area contributed by atoms with Crippen LogP contribution < -0.4 is 5.56 Å². The lowest BCUT2D eigenvalue weighted by atomic mass is 9.84. The molecule has 0 aliphatic carbocycles. The van der Waals surface area contributed by atoms with E-state index in [-0.39, 0.29) is 5.56 Å². The highest BCUT2D eigenvalue weighted by atomic mass is 16.4. The van der Waals surface area contributed by atoms with Crippen molar-refractivity contribution in [1.82, 2.24) is 4.57 Å². The zero-order valence-corrected chi connectivity index (χ0v) is 12.2. The first-order chi connectivity index (χ1) is 9.30. The van der Waals surface area contributed by atoms with Gasteiger partial charge in [0, 0.05) is 12.6 Å². The molecule has 0 radical (unpaired) electrons.